The van der Waals surface area contributed by atoms with Crippen molar-refractivity contribution < 1.29 is 23.0 Å². The van der Waals surface area contributed by atoms with Gasteiger partial charge in [-0.3, -0.25) is 0 Å². The maximum atomic E-state index is 13.2. The summed E-state index contributed by atoms with van der Waals surface area (Å²) in [6.07, 6.45) is -2.18. The lowest BCUT2D eigenvalue weighted by Gasteiger charge is -2.27. The van der Waals surface area contributed by atoms with Crippen LogP contribution in [0.25, 0.3) is 10.9 Å². The Morgan fingerprint density at radius 2 is 2.04 bits per heavy atom. The van der Waals surface area contributed by atoms with Crippen molar-refractivity contribution in [2.45, 2.75) is 25.6 Å². The van der Waals surface area contributed by atoms with Gasteiger partial charge in [-0.2, -0.15) is 13.2 Å². The first-order chi connectivity index (χ1) is 11.3. The van der Waals surface area contributed by atoms with E-state index in [9.17, 15) is 18.3 Å². The Morgan fingerprint density at radius 1 is 1.29 bits per heavy atom. The average Bonchev–Trinajstić information content (AvgIpc) is 2.52. The fraction of sp³-hybridized carbons (Fsp3) is 0.375. The molecule has 0 bridgehead atoms. The third-order valence-corrected chi connectivity index (χ3v) is 3.49. The lowest BCUT2D eigenvalue weighted by molar-refractivity contribution is -0.234. The minimum absolute atomic E-state index is 0.202. The zero-order valence-electron chi connectivity index (χ0n) is 13.3. The van der Waals surface area contributed by atoms with Crippen LogP contribution >= 0.6 is 0 Å². The van der Waals surface area contributed by atoms with E-state index >= 15 is 0 Å². The van der Waals surface area contributed by atoms with E-state index in [2.05, 4.69) is 15.3 Å². The molecule has 0 spiro atoms. The Bertz CT molecular complexity index is 734. The fourth-order valence-corrected chi connectivity index (χ4v) is 2.11. The van der Waals surface area contributed by atoms with Crippen LogP contribution in [-0.2, 0) is 4.74 Å². The Balaban J connectivity index is 2.28. The number of alkyl halides is 3. The van der Waals surface area contributed by atoms with Crippen LogP contribution < -0.4 is 5.32 Å². The maximum absolute atomic E-state index is 13.2. The number of aryl methyl sites for hydroxylation is 1. The number of ether oxygens (including phenoxy) is 1. The number of nitrogens with zero attached hydrogens (tertiary/aromatic N) is 2. The van der Waals surface area contributed by atoms with Crippen LogP contribution in [0.1, 0.15) is 12.5 Å². The van der Waals surface area contributed by atoms with Gasteiger partial charge in [0.1, 0.15) is 12.1 Å². The van der Waals surface area contributed by atoms with Gasteiger partial charge in [0.05, 0.1) is 24.9 Å². The predicted octanol–water partition coefficient (Wildman–Crippen LogP) is 3.19. The van der Waals surface area contributed by atoms with Crippen molar-refractivity contribution >= 4 is 16.7 Å². The molecule has 1 heterocycles. The summed E-state index contributed by atoms with van der Waals surface area (Å²) in [5.74, 6) is 0.219. The van der Waals surface area contributed by atoms with Gasteiger partial charge in [0.15, 0.2) is 5.60 Å². The summed E-state index contributed by atoms with van der Waals surface area (Å²) < 4.78 is 44.3. The number of hydrogen-bond donors (Lipinski definition) is 2. The molecule has 2 N–H and O–H groups in total. The first-order valence-electron chi connectivity index (χ1n) is 7.31. The number of aromatic nitrogens is 2. The van der Waals surface area contributed by atoms with Crippen molar-refractivity contribution in [3.05, 3.63) is 42.4 Å². The molecule has 0 saturated heterocycles. The SMILES string of the molecule is CCOC=CC(O)(CNc1ncnc2c(C)cccc12)C(F)(F)F. The van der Waals surface area contributed by atoms with Crippen LogP contribution in [0.5, 0.6) is 0 Å². The maximum Gasteiger partial charge on any atom is 0.422 e. The lowest BCUT2D eigenvalue weighted by atomic mass is 10.0. The monoisotopic (exact) mass is 341 g/mol. The Labute approximate surface area is 137 Å². The minimum Gasteiger partial charge on any atom is -0.502 e. The van der Waals surface area contributed by atoms with Gasteiger partial charge in [-0.25, -0.2) is 9.97 Å². The van der Waals surface area contributed by atoms with Gasteiger partial charge in [0, 0.05) is 5.39 Å². The third kappa shape index (κ3) is 3.76. The van der Waals surface area contributed by atoms with E-state index in [0.29, 0.717) is 17.0 Å². The van der Waals surface area contributed by atoms with E-state index in [1.807, 2.05) is 13.0 Å². The van der Waals surface area contributed by atoms with E-state index in [4.69, 9.17) is 4.74 Å². The zero-order chi connectivity index (χ0) is 17.8. The largest absolute Gasteiger partial charge is 0.502 e. The molecule has 1 atom stereocenters. The van der Waals surface area contributed by atoms with Crippen LogP contribution in [0.4, 0.5) is 19.0 Å². The highest BCUT2D eigenvalue weighted by Gasteiger charge is 2.52. The molecule has 8 heteroatoms. The van der Waals surface area contributed by atoms with E-state index in [1.165, 1.54) is 6.33 Å². The van der Waals surface area contributed by atoms with Crippen molar-refractivity contribution in [3.63, 3.8) is 0 Å². The third-order valence-electron chi connectivity index (χ3n) is 3.49. The summed E-state index contributed by atoms with van der Waals surface area (Å²) >= 11 is 0. The standard InChI is InChI=1S/C16H18F3N3O2/c1-3-24-8-7-15(23,16(17,18)19)9-20-14-12-6-4-5-11(2)13(12)21-10-22-14/h4-8,10,23H,3,9H2,1-2H3,(H,20,21,22). The molecular formula is C16H18F3N3O2. The van der Waals surface area contributed by atoms with Gasteiger partial charge < -0.3 is 15.2 Å². The second kappa shape index (κ2) is 7.04. The number of nitrogens with one attached hydrogen (secondary N) is 1. The second-order valence-electron chi connectivity index (χ2n) is 5.23. The number of benzene rings is 1. The van der Waals surface area contributed by atoms with Gasteiger partial charge in [0.2, 0.25) is 0 Å². The van der Waals surface area contributed by atoms with Crippen LogP contribution in [0.15, 0.2) is 36.9 Å². The summed E-state index contributed by atoms with van der Waals surface area (Å²) in [7, 11) is 0. The molecule has 1 unspecified atom stereocenters. The molecule has 1 aromatic heterocycles. The Kier molecular flexibility index (Phi) is 5.28. The van der Waals surface area contributed by atoms with E-state index in [0.717, 1.165) is 11.8 Å². The highest BCUT2D eigenvalue weighted by molar-refractivity contribution is 5.90. The van der Waals surface area contributed by atoms with Crippen molar-refractivity contribution in [2.75, 3.05) is 18.5 Å². The molecule has 0 saturated carbocycles. The Morgan fingerprint density at radius 3 is 2.71 bits per heavy atom. The summed E-state index contributed by atoms with van der Waals surface area (Å²) in [4.78, 5) is 8.10. The van der Waals surface area contributed by atoms with Gasteiger partial charge in [-0.05, 0) is 31.6 Å². The first kappa shape index (κ1) is 18.0. The normalized spacial score (nSPS) is 14.8. The van der Waals surface area contributed by atoms with Gasteiger partial charge in [0.25, 0.3) is 0 Å². The summed E-state index contributed by atoms with van der Waals surface area (Å²) in [6, 6.07) is 5.31. The van der Waals surface area contributed by atoms with Crippen molar-refractivity contribution in [2.24, 2.45) is 0 Å². The smallest absolute Gasteiger partial charge is 0.422 e. The Hall–Kier alpha value is -2.35. The number of rotatable bonds is 6. The van der Waals surface area contributed by atoms with Gasteiger partial charge in [-0.1, -0.05) is 12.1 Å². The van der Waals surface area contributed by atoms with Crippen molar-refractivity contribution in [1.29, 1.82) is 0 Å². The van der Waals surface area contributed by atoms with Crippen LogP contribution in [0.2, 0.25) is 0 Å². The zero-order valence-corrected chi connectivity index (χ0v) is 13.3. The molecule has 0 fully saturated rings. The van der Waals surface area contributed by atoms with Crippen molar-refractivity contribution in [1.82, 2.24) is 9.97 Å². The molecule has 24 heavy (non-hydrogen) atoms. The minimum atomic E-state index is -4.87. The van der Waals surface area contributed by atoms with E-state index in [1.54, 1.807) is 19.1 Å². The highest BCUT2D eigenvalue weighted by atomic mass is 19.4. The van der Waals surface area contributed by atoms with Gasteiger partial charge >= 0.3 is 6.18 Å². The lowest BCUT2D eigenvalue weighted by Crippen LogP contribution is -2.49. The molecule has 0 aliphatic carbocycles. The van der Waals surface area contributed by atoms with E-state index < -0.39 is 18.3 Å². The average molecular weight is 341 g/mol. The molecule has 0 aliphatic heterocycles. The van der Waals surface area contributed by atoms with Gasteiger partial charge in [-0.15, -0.1) is 0 Å². The molecular weight excluding hydrogens is 323 g/mol. The van der Waals surface area contributed by atoms with E-state index in [-0.39, 0.29) is 12.4 Å². The molecule has 1 aromatic carbocycles. The number of fused-ring (bicyclic) bond motifs is 1. The highest BCUT2D eigenvalue weighted by Crippen LogP contribution is 2.32. The second-order valence-corrected chi connectivity index (χ2v) is 5.23. The summed E-state index contributed by atoms with van der Waals surface area (Å²) in [6.45, 7) is 2.87. The summed E-state index contributed by atoms with van der Waals surface area (Å²) in [5, 5.41) is 13.1. The molecule has 130 valence electrons. The molecule has 0 aliphatic rings. The predicted molar refractivity (Wildman–Crippen MR) is 84.5 cm³/mol. The number of para-hydroxylation sites is 1. The number of halogens is 3. The number of hydrogen-bond acceptors (Lipinski definition) is 5. The number of anilines is 1. The molecule has 0 amide bonds. The summed E-state index contributed by atoms with van der Waals surface area (Å²) in [5.41, 5.74) is -1.57. The van der Waals surface area contributed by atoms with Crippen LogP contribution in [0.3, 0.4) is 0 Å². The fourth-order valence-electron chi connectivity index (χ4n) is 2.11. The molecule has 5 nitrogen and oxygen atoms in total. The molecule has 2 aromatic rings. The first-order valence-corrected chi connectivity index (χ1v) is 7.31. The number of aliphatic hydroxyl groups is 1. The van der Waals surface area contributed by atoms with Crippen molar-refractivity contribution in [3.8, 4) is 0 Å². The molecule has 0 radical (unpaired) electrons. The quantitative estimate of drug-likeness (QED) is 0.790. The van der Waals surface area contributed by atoms with Crippen LogP contribution in [-0.4, -0.2) is 40.0 Å². The topological polar surface area (TPSA) is 67.3 Å². The van der Waals surface area contributed by atoms with Crippen LogP contribution in [0, 0.1) is 6.92 Å². The molecule has 2 rings (SSSR count).